The van der Waals surface area contributed by atoms with Crippen molar-refractivity contribution >= 4 is 12.2 Å². The van der Waals surface area contributed by atoms with Gasteiger partial charge in [-0.3, -0.25) is 0 Å². The van der Waals surface area contributed by atoms with Crippen LogP contribution in [0.15, 0.2) is 36.4 Å². The van der Waals surface area contributed by atoms with E-state index in [9.17, 15) is 0 Å². The van der Waals surface area contributed by atoms with Crippen molar-refractivity contribution in [3.8, 4) is 0 Å². The minimum atomic E-state index is 0. The van der Waals surface area contributed by atoms with Crippen molar-refractivity contribution < 1.29 is 20.3 Å². The monoisotopic (exact) mass is 166 g/mol. The van der Waals surface area contributed by atoms with Crippen molar-refractivity contribution in [2.45, 2.75) is 13.8 Å². The Morgan fingerprint density at radius 3 is 1.62 bits per heavy atom. The van der Waals surface area contributed by atoms with E-state index in [0.29, 0.717) is 0 Å². The van der Waals surface area contributed by atoms with Crippen LogP contribution in [0.4, 0.5) is 0 Å². The molecule has 64 valence electrons. The largest absolute Gasteiger partial charge is 1.00 e. The molecule has 0 saturated carbocycles. The molecule has 13 heavy (non-hydrogen) atoms. The molecule has 0 unspecified atom stereocenters. The SMILES string of the molecule is C/C=C\c1ccccc1/C=C\C.[H-].[Li+]. The van der Waals surface area contributed by atoms with Crippen molar-refractivity contribution in [2.24, 2.45) is 0 Å². The smallest absolute Gasteiger partial charge is 1.00 e. The van der Waals surface area contributed by atoms with Gasteiger partial charge in [0, 0.05) is 0 Å². The zero-order valence-electron chi connectivity index (χ0n) is 9.62. The number of benzene rings is 1. The fourth-order valence-electron chi connectivity index (χ4n) is 1.17. The normalized spacial score (nSPS) is 10.6. The fourth-order valence-corrected chi connectivity index (χ4v) is 1.17. The van der Waals surface area contributed by atoms with E-state index < -0.39 is 0 Å². The molecule has 0 radical (unpaired) electrons. The fraction of sp³-hybridized carbons (Fsp3) is 0.167. The summed E-state index contributed by atoms with van der Waals surface area (Å²) in [6.07, 6.45) is 8.36. The Morgan fingerprint density at radius 1 is 0.923 bits per heavy atom. The molecule has 0 aliphatic rings. The molecule has 0 N–H and O–H groups in total. The van der Waals surface area contributed by atoms with Gasteiger partial charge in [0.1, 0.15) is 0 Å². The third-order valence-electron chi connectivity index (χ3n) is 1.69. The Labute approximate surface area is 94.0 Å². The molecule has 0 aromatic heterocycles. The minimum absolute atomic E-state index is 0. The molecular formula is C12H15Li. The zero-order chi connectivity index (χ0) is 8.81. The van der Waals surface area contributed by atoms with Gasteiger partial charge in [-0.25, -0.2) is 0 Å². The summed E-state index contributed by atoms with van der Waals surface area (Å²) < 4.78 is 0. The molecule has 0 bridgehead atoms. The van der Waals surface area contributed by atoms with Gasteiger partial charge in [0.15, 0.2) is 0 Å². The standard InChI is InChI=1S/C12H14.Li.H/c1-3-7-11-9-5-6-10-12(11)8-4-2;;/h3-10H,1-2H3;;/q;+1;-1/b7-3-,8-4-;;. The maximum atomic E-state index is 2.12. The Balaban J connectivity index is 0. The Kier molecular flexibility index (Phi) is 6.41. The summed E-state index contributed by atoms with van der Waals surface area (Å²) in [6.45, 7) is 4.07. The first-order valence-corrected chi connectivity index (χ1v) is 4.23. The van der Waals surface area contributed by atoms with Crippen molar-refractivity contribution in [3.63, 3.8) is 0 Å². The number of hydrogen-bond acceptors (Lipinski definition) is 0. The van der Waals surface area contributed by atoms with Crippen molar-refractivity contribution in [3.05, 3.63) is 47.5 Å². The summed E-state index contributed by atoms with van der Waals surface area (Å²) in [5.74, 6) is 0. The average Bonchev–Trinajstić information content (AvgIpc) is 2.09. The molecule has 0 amide bonds. The van der Waals surface area contributed by atoms with Gasteiger partial charge in [-0.1, -0.05) is 48.6 Å². The van der Waals surface area contributed by atoms with Gasteiger partial charge in [-0.05, 0) is 25.0 Å². The van der Waals surface area contributed by atoms with Gasteiger partial charge in [0.05, 0.1) is 0 Å². The summed E-state index contributed by atoms with van der Waals surface area (Å²) in [5.41, 5.74) is 2.55. The predicted octanol–water partition coefficient (Wildman–Crippen LogP) is 0.869. The van der Waals surface area contributed by atoms with Crippen LogP contribution in [0.1, 0.15) is 26.4 Å². The molecule has 0 nitrogen and oxygen atoms in total. The molecule has 0 heterocycles. The Bertz CT molecular complexity index is 272. The summed E-state index contributed by atoms with van der Waals surface area (Å²) in [7, 11) is 0. The van der Waals surface area contributed by atoms with E-state index in [4.69, 9.17) is 0 Å². The molecule has 1 aromatic rings. The Morgan fingerprint density at radius 2 is 1.31 bits per heavy atom. The molecule has 0 aliphatic carbocycles. The maximum absolute atomic E-state index is 2.12. The van der Waals surface area contributed by atoms with Crippen LogP contribution >= 0.6 is 0 Å². The molecule has 0 fully saturated rings. The van der Waals surface area contributed by atoms with Crippen LogP contribution in [-0.2, 0) is 0 Å². The van der Waals surface area contributed by atoms with Crippen LogP contribution in [0.2, 0.25) is 0 Å². The minimum Gasteiger partial charge on any atom is -1.00 e. The van der Waals surface area contributed by atoms with Crippen molar-refractivity contribution in [1.29, 1.82) is 0 Å². The average molecular weight is 166 g/mol. The van der Waals surface area contributed by atoms with Gasteiger partial charge in [-0.2, -0.15) is 0 Å². The van der Waals surface area contributed by atoms with Crippen LogP contribution in [-0.4, -0.2) is 0 Å². The van der Waals surface area contributed by atoms with E-state index >= 15 is 0 Å². The van der Waals surface area contributed by atoms with Crippen LogP contribution in [0, 0.1) is 0 Å². The molecule has 1 aromatic carbocycles. The van der Waals surface area contributed by atoms with Crippen LogP contribution < -0.4 is 18.9 Å². The second kappa shape index (κ2) is 6.77. The van der Waals surface area contributed by atoms with E-state index in [2.05, 4.69) is 48.6 Å². The molecule has 1 heteroatoms. The van der Waals surface area contributed by atoms with Crippen LogP contribution in [0.5, 0.6) is 0 Å². The van der Waals surface area contributed by atoms with Crippen LogP contribution in [0.25, 0.3) is 12.2 Å². The topological polar surface area (TPSA) is 0 Å². The van der Waals surface area contributed by atoms with E-state index in [-0.39, 0.29) is 20.3 Å². The summed E-state index contributed by atoms with van der Waals surface area (Å²) >= 11 is 0. The first-order valence-electron chi connectivity index (χ1n) is 4.23. The van der Waals surface area contributed by atoms with E-state index in [0.717, 1.165) is 0 Å². The first kappa shape index (κ1) is 12.3. The van der Waals surface area contributed by atoms with Gasteiger partial charge in [0.2, 0.25) is 0 Å². The van der Waals surface area contributed by atoms with E-state index in [1.807, 2.05) is 13.8 Å². The van der Waals surface area contributed by atoms with Crippen LogP contribution in [0.3, 0.4) is 0 Å². The summed E-state index contributed by atoms with van der Waals surface area (Å²) in [6, 6.07) is 8.36. The van der Waals surface area contributed by atoms with Crippen molar-refractivity contribution in [1.82, 2.24) is 0 Å². The molecule has 0 saturated heterocycles. The molecule has 0 spiro atoms. The van der Waals surface area contributed by atoms with E-state index in [1.165, 1.54) is 11.1 Å². The van der Waals surface area contributed by atoms with Gasteiger partial charge in [0.25, 0.3) is 0 Å². The molecule has 1 rings (SSSR count). The number of rotatable bonds is 2. The zero-order valence-corrected chi connectivity index (χ0v) is 8.62. The predicted molar refractivity (Wildman–Crippen MR) is 57.0 cm³/mol. The third-order valence-corrected chi connectivity index (χ3v) is 1.69. The van der Waals surface area contributed by atoms with E-state index in [1.54, 1.807) is 0 Å². The summed E-state index contributed by atoms with van der Waals surface area (Å²) in [5, 5.41) is 0. The second-order valence-corrected chi connectivity index (χ2v) is 2.63. The first-order chi connectivity index (χ1) is 5.88. The van der Waals surface area contributed by atoms with Gasteiger partial charge >= 0.3 is 18.9 Å². The third kappa shape index (κ3) is 3.68. The quantitative estimate of drug-likeness (QED) is 0.572. The van der Waals surface area contributed by atoms with Gasteiger partial charge < -0.3 is 1.43 Å². The summed E-state index contributed by atoms with van der Waals surface area (Å²) in [4.78, 5) is 0. The molecule has 0 atom stereocenters. The number of allylic oxidation sites excluding steroid dienone is 2. The van der Waals surface area contributed by atoms with Gasteiger partial charge in [-0.15, -0.1) is 0 Å². The Hall–Kier alpha value is -0.703. The van der Waals surface area contributed by atoms with Crippen molar-refractivity contribution in [2.75, 3.05) is 0 Å². The molecule has 0 aliphatic heterocycles. The number of hydrogen-bond donors (Lipinski definition) is 0. The maximum Gasteiger partial charge on any atom is 1.00 e. The molecular weight excluding hydrogens is 151 g/mol. The second-order valence-electron chi connectivity index (χ2n) is 2.63.